The van der Waals surface area contributed by atoms with Crippen LogP contribution in [-0.4, -0.2) is 65.5 Å². The van der Waals surface area contributed by atoms with Gasteiger partial charge < -0.3 is 24.8 Å². The van der Waals surface area contributed by atoms with Crippen LogP contribution in [0.3, 0.4) is 0 Å². The molecule has 0 spiro atoms. The molecule has 0 bridgehead atoms. The lowest BCUT2D eigenvalue weighted by atomic mass is 10.1. The van der Waals surface area contributed by atoms with Gasteiger partial charge >= 0.3 is 0 Å². The number of carbonyl (C=O) groups excluding carboxylic acids is 2. The van der Waals surface area contributed by atoms with Crippen LogP contribution in [0.15, 0.2) is 65.6 Å². The van der Waals surface area contributed by atoms with Gasteiger partial charge in [0, 0.05) is 26.1 Å². The Hall–Kier alpha value is -4.09. The fraction of sp³-hybridized carbons (Fsp3) is 0.375. The van der Waals surface area contributed by atoms with Gasteiger partial charge in [0.2, 0.25) is 15.9 Å². The van der Waals surface area contributed by atoms with Crippen LogP contribution in [0, 0.1) is 0 Å². The Morgan fingerprint density at radius 2 is 1.51 bits per heavy atom. The Labute approximate surface area is 253 Å². The molecule has 2 amide bonds. The average Bonchev–Trinajstić information content (AvgIpc) is 3.04. The first-order valence-corrected chi connectivity index (χ1v) is 15.8. The van der Waals surface area contributed by atoms with Crippen molar-refractivity contribution in [3.05, 3.63) is 77.4 Å². The van der Waals surface area contributed by atoms with E-state index in [-0.39, 0.29) is 29.6 Å². The van der Waals surface area contributed by atoms with Crippen molar-refractivity contribution >= 4 is 27.5 Å². The van der Waals surface area contributed by atoms with Gasteiger partial charge in [-0.2, -0.15) is 4.31 Å². The second-order valence-corrected chi connectivity index (χ2v) is 12.2. The molecule has 0 radical (unpaired) electrons. The number of nitrogens with one attached hydrogen (secondary N) is 2. The molecular weight excluding hydrogens is 570 g/mol. The van der Waals surface area contributed by atoms with Crippen LogP contribution >= 0.6 is 0 Å². The third-order valence-corrected chi connectivity index (χ3v) is 9.31. The average molecular weight is 610 g/mol. The molecule has 0 aliphatic carbocycles. The highest BCUT2D eigenvalue weighted by molar-refractivity contribution is 7.89. The SMILES string of the molecule is COc1ccc(S(=O)(=O)N2CCCCC2)cc1CCC(=O)Nc1ccccc1C(=O)NCCc1ccc(OC)c(OC)c1. The van der Waals surface area contributed by atoms with E-state index in [9.17, 15) is 18.0 Å². The molecule has 11 heteroatoms. The van der Waals surface area contributed by atoms with E-state index in [2.05, 4.69) is 10.6 Å². The molecule has 43 heavy (non-hydrogen) atoms. The standard InChI is InChI=1S/C32H39N3O7S/c1-40-28-15-13-25(43(38,39)35-19-7-4-8-20-35)22-24(28)12-16-31(36)34-27-10-6-5-9-26(27)32(37)33-18-17-23-11-14-29(41-2)30(21-23)42-3/h5-6,9-11,13-15,21-22H,4,7-8,12,16-20H2,1-3H3,(H,33,37)(H,34,36). The molecule has 3 aromatic carbocycles. The fourth-order valence-corrected chi connectivity index (χ4v) is 6.64. The number of carbonyl (C=O) groups is 2. The number of aryl methyl sites for hydroxylation is 1. The third-order valence-electron chi connectivity index (χ3n) is 7.42. The summed E-state index contributed by atoms with van der Waals surface area (Å²) < 4.78 is 44.0. The van der Waals surface area contributed by atoms with Gasteiger partial charge in [0.15, 0.2) is 11.5 Å². The van der Waals surface area contributed by atoms with E-state index in [1.54, 1.807) is 56.7 Å². The Morgan fingerprint density at radius 1 is 0.814 bits per heavy atom. The van der Waals surface area contributed by atoms with Crippen molar-refractivity contribution in [1.29, 1.82) is 0 Å². The van der Waals surface area contributed by atoms with Crippen LogP contribution in [0.4, 0.5) is 5.69 Å². The van der Waals surface area contributed by atoms with Gasteiger partial charge in [-0.1, -0.05) is 24.6 Å². The Bertz CT molecular complexity index is 1540. The highest BCUT2D eigenvalue weighted by Gasteiger charge is 2.27. The van der Waals surface area contributed by atoms with Gasteiger partial charge in [-0.05, 0) is 79.3 Å². The minimum absolute atomic E-state index is 0.0683. The number of hydrogen-bond donors (Lipinski definition) is 2. The number of hydrogen-bond acceptors (Lipinski definition) is 7. The summed E-state index contributed by atoms with van der Waals surface area (Å²) in [5, 5.41) is 5.74. The van der Waals surface area contributed by atoms with Gasteiger partial charge in [-0.25, -0.2) is 8.42 Å². The lowest BCUT2D eigenvalue weighted by molar-refractivity contribution is -0.116. The molecule has 0 aromatic heterocycles. The lowest BCUT2D eigenvalue weighted by Crippen LogP contribution is -2.35. The van der Waals surface area contributed by atoms with E-state index in [1.165, 1.54) is 11.4 Å². The summed E-state index contributed by atoms with van der Waals surface area (Å²) in [5.74, 6) is 1.14. The zero-order valence-electron chi connectivity index (χ0n) is 24.9. The van der Waals surface area contributed by atoms with Crippen molar-refractivity contribution in [2.75, 3.05) is 46.3 Å². The fourth-order valence-electron chi connectivity index (χ4n) is 5.07. The van der Waals surface area contributed by atoms with E-state index < -0.39 is 10.0 Å². The maximum absolute atomic E-state index is 13.2. The molecule has 3 aromatic rings. The zero-order valence-corrected chi connectivity index (χ0v) is 25.7. The number of methoxy groups -OCH3 is 3. The Morgan fingerprint density at radius 3 is 2.23 bits per heavy atom. The van der Waals surface area contributed by atoms with Gasteiger partial charge in [0.1, 0.15) is 5.75 Å². The number of nitrogens with zero attached hydrogens (tertiary/aromatic N) is 1. The maximum atomic E-state index is 13.2. The Balaban J connectivity index is 1.37. The van der Waals surface area contributed by atoms with Crippen molar-refractivity contribution in [1.82, 2.24) is 9.62 Å². The normalized spacial score (nSPS) is 13.7. The summed E-state index contributed by atoms with van der Waals surface area (Å²) in [6.07, 6.45) is 3.63. The summed E-state index contributed by atoms with van der Waals surface area (Å²) in [6.45, 7) is 1.40. The molecular formula is C32H39N3O7S. The molecule has 1 fully saturated rings. The molecule has 1 heterocycles. The number of piperidine rings is 1. The number of amides is 2. The first kappa shape index (κ1) is 31.8. The maximum Gasteiger partial charge on any atom is 0.253 e. The van der Waals surface area contributed by atoms with E-state index in [0.717, 1.165) is 24.8 Å². The number of ether oxygens (including phenoxy) is 3. The second kappa shape index (κ2) is 14.9. The van der Waals surface area contributed by atoms with E-state index in [4.69, 9.17) is 14.2 Å². The smallest absolute Gasteiger partial charge is 0.253 e. The molecule has 1 saturated heterocycles. The topological polar surface area (TPSA) is 123 Å². The molecule has 0 atom stereocenters. The highest BCUT2D eigenvalue weighted by atomic mass is 32.2. The summed E-state index contributed by atoms with van der Waals surface area (Å²) in [7, 11) is 1.04. The number of para-hydroxylation sites is 1. The van der Waals surface area contributed by atoms with Crippen LogP contribution in [0.2, 0.25) is 0 Å². The van der Waals surface area contributed by atoms with Gasteiger partial charge in [-0.3, -0.25) is 9.59 Å². The summed E-state index contributed by atoms with van der Waals surface area (Å²) in [4.78, 5) is 26.2. The minimum atomic E-state index is -3.62. The van der Waals surface area contributed by atoms with E-state index in [1.807, 2.05) is 18.2 Å². The molecule has 1 aliphatic rings. The Kier molecular flexibility index (Phi) is 11.0. The summed E-state index contributed by atoms with van der Waals surface area (Å²) >= 11 is 0. The zero-order chi connectivity index (χ0) is 30.8. The lowest BCUT2D eigenvalue weighted by Gasteiger charge is -2.26. The van der Waals surface area contributed by atoms with Crippen molar-refractivity contribution in [3.8, 4) is 17.2 Å². The van der Waals surface area contributed by atoms with Gasteiger partial charge in [-0.15, -0.1) is 0 Å². The number of sulfonamides is 1. The van der Waals surface area contributed by atoms with E-state index >= 15 is 0 Å². The predicted molar refractivity (Wildman–Crippen MR) is 165 cm³/mol. The molecule has 1 aliphatic heterocycles. The van der Waals surface area contributed by atoms with Crippen LogP contribution in [0.5, 0.6) is 17.2 Å². The molecule has 4 rings (SSSR count). The third kappa shape index (κ3) is 8.05. The molecule has 10 nitrogen and oxygen atoms in total. The predicted octanol–water partition coefficient (Wildman–Crippen LogP) is 4.43. The van der Waals surface area contributed by atoms with Crippen LogP contribution < -0.4 is 24.8 Å². The van der Waals surface area contributed by atoms with Gasteiger partial charge in [0.05, 0.1) is 37.5 Å². The first-order chi connectivity index (χ1) is 20.8. The monoisotopic (exact) mass is 609 g/mol. The summed E-state index contributed by atoms with van der Waals surface area (Å²) in [6, 6.07) is 17.2. The number of benzene rings is 3. The molecule has 230 valence electrons. The van der Waals surface area contributed by atoms with Crippen molar-refractivity contribution in [2.45, 2.75) is 43.4 Å². The quantitative estimate of drug-likeness (QED) is 0.294. The molecule has 0 saturated carbocycles. The number of anilines is 1. The summed E-state index contributed by atoms with van der Waals surface area (Å²) in [5.41, 5.74) is 2.33. The van der Waals surface area contributed by atoms with Crippen molar-refractivity contribution in [3.63, 3.8) is 0 Å². The van der Waals surface area contributed by atoms with Crippen molar-refractivity contribution < 1.29 is 32.2 Å². The van der Waals surface area contributed by atoms with Crippen LogP contribution in [0.25, 0.3) is 0 Å². The van der Waals surface area contributed by atoms with Gasteiger partial charge in [0.25, 0.3) is 5.91 Å². The van der Waals surface area contributed by atoms with Crippen molar-refractivity contribution in [2.24, 2.45) is 0 Å². The molecule has 0 unspecified atom stereocenters. The molecule has 2 N–H and O–H groups in total. The second-order valence-electron chi connectivity index (χ2n) is 10.2. The number of rotatable bonds is 13. The first-order valence-electron chi connectivity index (χ1n) is 14.3. The van der Waals surface area contributed by atoms with E-state index in [0.29, 0.717) is 60.1 Å². The minimum Gasteiger partial charge on any atom is -0.496 e. The highest BCUT2D eigenvalue weighted by Crippen LogP contribution is 2.29. The van der Waals surface area contributed by atoms with Crippen LogP contribution in [0.1, 0.15) is 47.2 Å². The van der Waals surface area contributed by atoms with Crippen LogP contribution in [-0.2, 0) is 27.7 Å². The largest absolute Gasteiger partial charge is 0.496 e.